The second kappa shape index (κ2) is 10.4. The average Bonchev–Trinajstić information content (AvgIpc) is 2.70. The quantitative estimate of drug-likeness (QED) is 0.582. The Hall–Kier alpha value is -2.96. The Balaban J connectivity index is 1.95. The molecule has 0 amide bonds. The maximum atomic E-state index is 12.1. The molecule has 0 aliphatic rings. The zero-order valence-electron chi connectivity index (χ0n) is 16.8. The number of rotatable bonds is 10. The first-order valence-electron chi connectivity index (χ1n) is 9.23. The van der Waals surface area contributed by atoms with E-state index >= 15 is 0 Å². The number of aromatic nitrogens is 1. The Morgan fingerprint density at radius 2 is 1.79 bits per heavy atom. The molecule has 1 heterocycles. The second-order valence-electron chi connectivity index (χ2n) is 6.31. The van der Waals surface area contributed by atoms with Crippen LogP contribution in [0.4, 0.5) is 0 Å². The third-order valence-corrected chi connectivity index (χ3v) is 4.29. The molecule has 7 heteroatoms. The van der Waals surface area contributed by atoms with Crippen molar-refractivity contribution in [3.8, 4) is 17.2 Å². The normalized spacial score (nSPS) is 11.6. The van der Waals surface area contributed by atoms with Crippen molar-refractivity contribution >= 4 is 5.97 Å². The Morgan fingerprint density at radius 1 is 1.11 bits per heavy atom. The summed E-state index contributed by atoms with van der Waals surface area (Å²) in [7, 11) is 1.61. The van der Waals surface area contributed by atoms with Gasteiger partial charge in [-0.25, -0.2) is 4.79 Å². The van der Waals surface area contributed by atoms with Crippen molar-refractivity contribution in [1.82, 2.24) is 4.57 Å². The van der Waals surface area contributed by atoms with E-state index in [1.807, 2.05) is 42.7 Å². The first kappa shape index (κ1) is 21.3. The lowest BCUT2D eigenvalue weighted by Gasteiger charge is -2.16. The van der Waals surface area contributed by atoms with Crippen LogP contribution in [0.3, 0.4) is 0 Å². The van der Waals surface area contributed by atoms with E-state index in [1.54, 1.807) is 20.2 Å². The van der Waals surface area contributed by atoms with E-state index in [9.17, 15) is 9.59 Å². The molecule has 1 atom stereocenters. The Morgan fingerprint density at radius 3 is 2.43 bits per heavy atom. The van der Waals surface area contributed by atoms with Crippen LogP contribution in [0.2, 0.25) is 0 Å². The highest BCUT2D eigenvalue weighted by atomic mass is 16.6. The minimum absolute atomic E-state index is 0.146. The van der Waals surface area contributed by atoms with Gasteiger partial charge in [0.1, 0.15) is 18.1 Å². The van der Waals surface area contributed by atoms with E-state index in [2.05, 4.69) is 0 Å². The molecule has 1 unspecified atom stereocenters. The first-order chi connectivity index (χ1) is 13.4. The van der Waals surface area contributed by atoms with Gasteiger partial charge in [-0.2, -0.15) is 0 Å². The van der Waals surface area contributed by atoms with E-state index in [4.69, 9.17) is 18.9 Å². The summed E-state index contributed by atoms with van der Waals surface area (Å²) in [4.78, 5) is 23.9. The van der Waals surface area contributed by atoms with E-state index < -0.39 is 5.97 Å². The highest BCUT2D eigenvalue weighted by molar-refractivity contribution is 5.71. The highest BCUT2D eigenvalue weighted by Crippen LogP contribution is 2.17. The standard InChI is InChI=1S/C21H27NO6/c1-5-15(2)28-20(24)14-27-21-16(3)22(11-10-19(21)23)12-13-26-18-8-6-17(25-4)7-9-18/h6-11,15H,5,12-14H2,1-4H3. The topological polar surface area (TPSA) is 76.0 Å². The molecule has 1 aromatic heterocycles. The molecule has 0 spiro atoms. The third kappa shape index (κ3) is 6.04. The summed E-state index contributed by atoms with van der Waals surface area (Å²) in [6, 6.07) is 8.72. The summed E-state index contributed by atoms with van der Waals surface area (Å²) in [5.41, 5.74) is 0.350. The van der Waals surface area contributed by atoms with Crippen molar-refractivity contribution in [2.45, 2.75) is 39.8 Å². The second-order valence-corrected chi connectivity index (χ2v) is 6.31. The lowest BCUT2D eigenvalue weighted by atomic mass is 10.3. The van der Waals surface area contributed by atoms with Crippen LogP contribution in [-0.2, 0) is 16.1 Å². The van der Waals surface area contributed by atoms with E-state index in [0.717, 1.165) is 17.9 Å². The van der Waals surface area contributed by atoms with Gasteiger partial charge in [0.05, 0.1) is 25.5 Å². The van der Waals surface area contributed by atoms with Crippen LogP contribution < -0.4 is 19.6 Å². The van der Waals surface area contributed by atoms with Gasteiger partial charge in [-0.3, -0.25) is 4.79 Å². The molecule has 152 valence electrons. The number of hydrogen-bond acceptors (Lipinski definition) is 6. The van der Waals surface area contributed by atoms with Crippen molar-refractivity contribution in [3.05, 3.63) is 52.4 Å². The number of benzene rings is 1. The fourth-order valence-corrected chi connectivity index (χ4v) is 2.48. The van der Waals surface area contributed by atoms with Gasteiger partial charge in [0, 0.05) is 12.3 Å². The molecule has 2 rings (SSSR count). The first-order valence-corrected chi connectivity index (χ1v) is 9.23. The molecular weight excluding hydrogens is 362 g/mol. The van der Waals surface area contributed by atoms with Gasteiger partial charge in [0.15, 0.2) is 12.4 Å². The van der Waals surface area contributed by atoms with Crippen molar-refractivity contribution in [1.29, 1.82) is 0 Å². The van der Waals surface area contributed by atoms with E-state index in [0.29, 0.717) is 18.8 Å². The summed E-state index contributed by atoms with van der Waals surface area (Å²) >= 11 is 0. The van der Waals surface area contributed by atoms with E-state index in [1.165, 1.54) is 6.07 Å². The maximum Gasteiger partial charge on any atom is 0.344 e. The number of carbonyl (C=O) groups excluding carboxylic acids is 1. The SMILES string of the molecule is CCC(C)OC(=O)COc1c(C)n(CCOc2ccc(OC)cc2)ccc1=O. The van der Waals surface area contributed by atoms with Gasteiger partial charge in [-0.05, 0) is 44.5 Å². The number of nitrogens with zero attached hydrogens (tertiary/aromatic N) is 1. The fourth-order valence-electron chi connectivity index (χ4n) is 2.48. The maximum absolute atomic E-state index is 12.1. The predicted octanol–water partition coefficient (Wildman–Crippen LogP) is 2.96. The Bertz CT molecular complexity index is 828. The number of methoxy groups -OCH3 is 1. The predicted molar refractivity (Wildman–Crippen MR) is 105 cm³/mol. The lowest BCUT2D eigenvalue weighted by Crippen LogP contribution is -2.23. The van der Waals surface area contributed by atoms with Crippen LogP contribution in [0.25, 0.3) is 0 Å². The number of hydrogen-bond donors (Lipinski definition) is 0. The van der Waals surface area contributed by atoms with Crippen LogP contribution in [0.15, 0.2) is 41.3 Å². The molecular formula is C21H27NO6. The van der Waals surface area contributed by atoms with E-state index in [-0.39, 0.29) is 23.9 Å². The van der Waals surface area contributed by atoms with Crippen molar-refractivity contribution < 1.29 is 23.7 Å². The molecule has 0 saturated heterocycles. The van der Waals surface area contributed by atoms with Gasteiger partial charge in [-0.1, -0.05) is 6.92 Å². The summed E-state index contributed by atoms with van der Waals surface area (Å²) in [5.74, 6) is 1.14. The minimum atomic E-state index is -0.494. The average molecular weight is 389 g/mol. The van der Waals surface area contributed by atoms with Gasteiger partial charge in [-0.15, -0.1) is 0 Å². The van der Waals surface area contributed by atoms with Crippen molar-refractivity contribution in [2.24, 2.45) is 0 Å². The van der Waals surface area contributed by atoms with Crippen LogP contribution in [-0.4, -0.2) is 37.0 Å². The summed E-state index contributed by atoms with van der Waals surface area (Å²) in [6.45, 7) is 6.13. The molecule has 0 aliphatic carbocycles. The fraction of sp³-hybridized carbons (Fsp3) is 0.429. The summed E-state index contributed by atoms with van der Waals surface area (Å²) < 4.78 is 23.3. The molecule has 28 heavy (non-hydrogen) atoms. The molecule has 0 radical (unpaired) electrons. The number of ether oxygens (including phenoxy) is 4. The molecule has 2 aromatic rings. The van der Waals surface area contributed by atoms with Gasteiger partial charge >= 0.3 is 5.97 Å². The zero-order valence-corrected chi connectivity index (χ0v) is 16.8. The smallest absolute Gasteiger partial charge is 0.344 e. The number of pyridine rings is 1. The molecule has 0 N–H and O–H groups in total. The minimum Gasteiger partial charge on any atom is -0.497 e. The number of carbonyl (C=O) groups is 1. The lowest BCUT2D eigenvalue weighted by molar-refractivity contribution is -0.150. The summed E-state index contributed by atoms with van der Waals surface area (Å²) in [5, 5.41) is 0. The monoisotopic (exact) mass is 389 g/mol. The van der Waals surface area contributed by atoms with Crippen molar-refractivity contribution in [2.75, 3.05) is 20.3 Å². The van der Waals surface area contributed by atoms with Crippen LogP contribution >= 0.6 is 0 Å². The largest absolute Gasteiger partial charge is 0.497 e. The third-order valence-electron chi connectivity index (χ3n) is 4.29. The Labute approximate surface area is 164 Å². The van der Waals surface area contributed by atoms with Gasteiger partial charge in [0.2, 0.25) is 5.43 Å². The number of esters is 1. The molecule has 1 aromatic carbocycles. The van der Waals surface area contributed by atoms with Crippen LogP contribution in [0, 0.1) is 6.92 Å². The van der Waals surface area contributed by atoms with Crippen LogP contribution in [0.5, 0.6) is 17.2 Å². The Kier molecular flexibility index (Phi) is 7.92. The van der Waals surface area contributed by atoms with Crippen molar-refractivity contribution in [3.63, 3.8) is 0 Å². The molecule has 0 aliphatic heterocycles. The molecule has 0 bridgehead atoms. The van der Waals surface area contributed by atoms with Gasteiger partial charge in [0.25, 0.3) is 0 Å². The highest BCUT2D eigenvalue weighted by Gasteiger charge is 2.13. The van der Waals surface area contributed by atoms with Crippen LogP contribution in [0.1, 0.15) is 26.0 Å². The molecule has 0 saturated carbocycles. The van der Waals surface area contributed by atoms with Gasteiger partial charge < -0.3 is 23.5 Å². The summed E-state index contributed by atoms with van der Waals surface area (Å²) in [6.07, 6.45) is 2.22. The zero-order chi connectivity index (χ0) is 20.5. The molecule has 7 nitrogen and oxygen atoms in total. The molecule has 0 fully saturated rings.